The topological polar surface area (TPSA) is 198 Å². The molecule has 3 aliphatic heterocycles. The van der Waals surface area contributed by atoms with Crippen molar-refractivity contribution in [2.45, 2.75) is 63.5 Å². The maximum absolute atomic E-state index is 15.0. The maximum Gasteiger partial charge on any atom is 0.329 e. The molecule has 4 aromatic heterocycles. The summed E-state index contributed by atoms with van der Waals surface area (Å²) < 4.78 is 38.4. The van der Waals surface area contributed by atoms with Gasteiger partial charge >= 0.3 is 6.03 Å². The first-order valence-electron chi connectivity index (χ1n) is 24.7. The Balaban J connectivity index is 0.698. The molecule has 0 atom stereocenters. The van der Waals surface area contributed by atoms with Gasteiger partial charge in [-0.2, -0.15) is 15.5 Å². The van der Waals surface area contributed by atoms with Crippen LogP contribution in [0.5, 0.6) is 5.75 Å². The molecule has 1 spiro atoms. The largest absolute Gasteiger partial charge is 0.492 e. The summed E-state index contributed by atoms with van der Waals surface area (Å²) in [6.45, 7) is 6.55. The van der Waals surface area contributed by atoms with E-state index in [1.807, 2.05) is 55.3 Å². The summed E-state index contributed by atoms with van der Waals surface area (Å²) >= 11 is 0. The molecule has 0 bridgehead atoms. The molecule has 6 aromatic rings. The summed E-state index contributed by atoms with van der Waals surface area (Å²) in [4.78, 5) is 64.6. The zero-order chi connectivity index (χ0) is 49.9. The van der Waals surface area contributed by atoms with Gasteiger partial charge in [-0.05, 0) is 105 Å². The second-order valence-corrected chi connectivity index (χ2v) is 20.1. The van der Waals surface area contributed by atoms with Crippen LogP contribution in [0.15, 0.2) is 73.2 Å². The number of pyridine rings is 2. The van der Waals surface area contributed by atoms with E-state index in [9.17, 15) is 33.2 Å². The number of aromatic nitrogens is 5. The molecule has 5 aliphatic rings. The number of nitrogens with zero attached hydrogens (tertiary/aromatic N) is 10. The summed E-state index contributed by atoms with van der Waals surface area (Å²) in [6.07, 6.45) is 9.99. The molecule has 5 amide bonds. The molecule has 2 aromatic carbocycles. The van der Waals surface area contributed by atoms with Gasteiger partial charge in [0.15, 0.2) is 5.82 Å². The minimum atomic E-state index is -0.795. The van der Waals surface area contributed by atoms with Gasteiger partial charge < -0.3 is 25.2 Å². The standard InChI is InChI=1S/C52H55F2N13O5/c1-3-72-38-22-40(46-34(27-55)29-57-67(46)30-38)32-4-9-44(56-28-32)64-14-11-52(12-15-64,60-48(69)41-20-35(53)5-8-42(41)54)31-63-16-18-65(19-17-63)49(70)33-23-51(24-33)25-37(26-51)58-36-6-7-39-43(21-36)62(2)61-47(39)66-13-10-45(68)59-50(66)71/h4-9,20-22,28-30,33,37,58H,3,10-19,23-26,31H2,1-2H3,(H,60,69)(H,59,68,71). The van der Waals surface area contributed by atoms with Crippen LogP contribution >= 0.6 is 0 Å². The number of piperazine rings is 1. The van der Waals surface area contributed by atoms with Gasteiger partial charge in [-0.3, -0.25) is 34.2 Å². The van der Waals surface area contributed by atoms with Crippen molar-refractivity contribution in [3.05, 3.63) is 95.9 Å². The Morgan fingerprint density at radius 2 is 1.74 bits per heavy atom. The molecule has 3 saturated heterocycles. The molecule has 0 radical (unpaired) electrons. The van der Waals surface area contributed by atoms with Crippen molar-refractivity contribution in [1.29, 1.82) is 5.26 Å². The zero-order valence-corrected chi connectivity index (χ0v) is 40.2. The first kappa shape index (κ1) is 46.7. The molecule has 372 valence electrons. The number of amides is 5. The van der Waals surface area contributed by atoms with Crippen LogP contribution in [0.2, 0.25) is 0 Å². The summed E-state index contributed by atoms with van der Waals surface area (Å²) in [6, 6.07) is 16.7. The number of anilines is 3. The van der Waals surface area contributed by atoms with E-state index in [1.54, 1.807) is 21.6 Å². The number of urea groups is 1. The van der Waals surface area contributed by atoms with Gasteiger partial charge in [0.05, 0.1) is 46.7 Å². The Kier molecular flexibility index (Phi) is 12.0. The van der Waals surface area contributed by atoms with Crippen LogP contribution in [0.25, 0.3) is 27.5 Å². The lowest BCUT2D eigenvalue weighted by Gasteiger charge is -2.58. The van der Waals surface area contributed by atoms with E-state index in [1.165, 1.54) is 11.1 Å². The second-order valence-electron chi connectivity index (χ2n) is 20.1. The number of fused-ring (bicyclic) bond motifs is 2. The van der Waals surface area contributed by atoms with Crippen molar-refractivity contribution in [3.8, 4) is 22.9 Å². The van der Waals surface area contributed by atoms with E-state index in [-0.39, 0.29) is 47.7 Å². The van der Waals surface area contributed by atoms with Crippen LogP contribution in [0.1, 0.15) is 67.8 Å². The number of hydrogen-bond acceptors (Lipinski definition) is 12. The van der Waals surface area contributed by atoms with Crippen LogP contribution in [0.4, 0.5) is 30.9 Å². The fourth-order valence-electron chi connectivity index (χ4n) is 11.8. The number of nitrogens with one attached hydrogen (secondary N) is 3. The third-order valence-electron chi connectivity index (χ3n) is 15.5. The van der Waals surface area contributed by atoms with Crippen molar-refractivity contribution in [2.75, 3.05) is 74.1 Å². The summed E-state index contributed by atoms with van der Waals surface area (Å²) in [7, 11) is 1.84. The van der Waals surface area contributed by atoms with E-state index in [0.29, 0.717) is 87.9 Å². The molecule has 72 heavy (non-hydrogen) atoms. The number of piperidine rings is 1. The Hall–Kier alpha value is -7.66. The molecule has 7 heterocycles. The third-order valence-corrected chi connectivity index (χ3v) is 15.5. The molecule has 0 unspecified atom stereocenters. The van der Waals surface area contributed by atoms with E-state index >= 15 is 0 Å². The summed E-state index contributed by atoms with van der Waals surface area (Å²) in [5.41, 5.74) is 3.53. The maximum atomic E-state index is 15.0. The molecule has 18 nitrogen and oxygen atoms in total. The van der Waals surface area contributed by atoms with E-state index in [2.05, 4.69) is 42.0 Å². The smallest absolute Gasteiger partial charge is 0.329 e. The van der Waals surface area contributed by atoms with Gasteiger partial charge in [0.25, 0.3) is 5.91 Å². The number of rotatable bonds is 12. The Labute approximate surface area is 413 Å². The number of aryl methyl sites for hydroxylation is 1. The molecule has 5 fully saturated rings. The zero-order valence-electron chi connectivity index (χ0n) is 40.2. The highest BCUT2D eigenvalue weighted by molar-refractivity contribution is 6.09. The van der Waals surface area contributed by atoms with E-state index < -0.39 is 29.1 Å². The molecule has 2 aliphatic carbocycles. The number of ether oxygens (including phenoxy) is 1. The monoisotopic (exact) mass is 979 g/mol. The number of hydrogen-bond donors (Lipinski definition) is 3. The molecule has 2 saturated carbocycles. The average Bonchev–Trinajstić information content (AvgIpc) is 3.92. The van der Waals surface area contributed by atoms with E-state index in [4.69, 9.17) is 9.72 Å². The highest BCUT2D eigenvalue weighted by Gasteiger charge is 2.55. The summed E-state index contributed by atoms with van der Waals surface area (Å²) in [5.74, 6) is -0.389. The summed E-state index contributed by atoms with van der Waals surface area (Å²) in [5, 5.41) is 28.8. The lowest BCUT2D eigenvalue weighted by atomic mass is 9.49. The van der Waals surface area contributed by atoms with Gasteiger partial charge in [0.2, 0.25) is 11.8 Å². The Morgan fingerprint density at radius 1 is 0.944 bits per heavy atom. The van der Waals surface area contributed by atoms with Gasteiger partial charge in [0.1, 0.15) is 29.3 Å². The highest BCUT2D eigenvalue weighted by Crippen LogP contribution is 2.59. The number of benzene rings is 2. The average molecular weight is 980 g/mol. The van der Waals surface area contributed by atoms with Gasteiger partial charge in [-0.1, -0.05) is 0 Å². The Morgan fingerprint density at radius 3 is 2.46 bits per heavy atom. The fourth-order valence-corrected chi connectivity index (χ4v) is 11.8. The van der Waals surface area contributed by atoms with Crippen molar-refractivity contribution < 1.29 is 32.7 Å². The normalized spacial score (nSPS) is 22.1. The lowest BCUT2D eigenvalue weighted by Crippen LogP contribution is -2.63. The highest BCUT2D eigenvalue weighted by atomic mass is 19.1. The first-order valence-corrected chi connectivity index (χ1v) is 24.7. The van der Waals surface area contributed by atoms with Crippen LogP contribution < -0.4 is 30.5 Å². The van der Waals surface area contributed by atoms with Gasteiger partial charge in [-0.15, -0.1) is 0 Å². The minimum Gasteiger partial charge on any atom is -0.492 e. The predicted molar refractivity (Wildman–Crippen MR) is 263 cm³/mol. The van der Waals surface area contributed by atoms with Crippen LogP contribution in [0, 0.1) is 34.3 Å². The van der Waals surface area contributed by atoms with Crippen molar-refractivity contribution in [1.82, 2.24) is 44.8 Å². The quantitative estimate of drug-likeness (QED) is 0.132. The second kappa shape index (κ2) is 18.5. The number of halogens is 2. The number of carbonyl (C=O) groups is 4. The molecule has 3 N–H and O–H groups in total. The number of carbonyl (C=O) groups excluding carboxylic acids is 4. The SMILES string of the molecule is CCOc1cc(-c2ccc(N3CCC(CN4CCN(C(=O)C5CC6(CC(Nc7ccc8c(N9CCC(=O)NC9=O)nn(C)c8c7)C6)C5)CC4)(NC(=O)c4cc(F)ccc4F)CC3)nc2)c2c(C#N)cnn2c1. The third kappa shape index (κ3) is 8.79. The minimum absolute atomic E-state index is 0.00917. The van der Waals surface area contributed by atoms with Gasteiger partial charge in [-0.25, -0.2) is 23.1 Å². The van der Waals surface area contributed by atoms with Crippen molar-refractivity contribution in [2.24, 2.45) is 18.4 Å². The number of imide groups is 1. The number of nitriles is 1. The van der Waals surface area contributed by atoms with Crippen LogP contribution in [0.3, 0.4) is 0 Å². The van der Waals surface area contributed by atoms with Crippen LogP contribution in [-0.2, 0) is 16.6 Å². The van der Waals surface area contributed by atoms with Gasteiger partial charge in [0, 0.05) is 106 Å². The molecule has 11 rings (SSSR count). The van der Waals surface area contributed by atoms with E-state index in [0.717, 1.165) is 77.4 Å². The van der Waals surface area contributed by atoms with Crippen LogP contribution in [-0.4, -0.2) is 128 Å². The molecular formula is C52H55F2N13O5. The molecular weight excluding hydrogens is 925 g/mol. The van der Waals surface area contributed by atoms with Crippen molar-refractivity contribution in [3.63, 3.8) is 0 Å². The van der Waals surface area contributed by atoms with Crippen molar-refractivity contribution >= 4 is 57.5 Å². The lowest BCUT2D eigenvalue weighted by molar-refractivity contribution is -0.150. The Bertz CT molecular complexity index is 3160. The first-order chi connectivity index (χ1) is 34.8. The fraction of sp³-hybridized carbons (Fsp3) is 0.423. The predicted octanol–water partition coefficient (Wildman–Crippen LogP) is 5.86. The molecule has 20 heteroatoms.